The summed E-state index contributed by atoms with van der Waals surface area (Å²) in [5.41, 5.74) is 5.63. The molecule has 5 heteroatoms. The van der Waals surface area contributed by atoms with E-state index >= 15 is 0 Å². The van der Waals surface area contributed by atoms with E-state index in [-0.39, 0.29) is 5.91 Å². The molecule has 0 radical (unpaired) electrons. The van der Waals surface area contributed by atoms with Crippen molar-refractivity contribution in [3.8, 4) is 0 Å². The number of rotatable bonds is 3. The van der Waals surface area contributed by atoms with Crippen molar-refractivity contribution in [2.75, 3.05) is 23.4 Å². The van der Waals surface area contributed by atoms with Crippen LogP contribution < -0.4 is 9.80 Å². The first-order valence-electron chi connectivity index (χ1n) is 10.5. The molecule has 1 amide bonds. The van der Waals surface area contributed by atoms with Crippen molar-refractivity contribution >= 4 is 46.0 Å². The molecule has 0 N–H and O–H groups in total. The molecule has 2 aliphatic heterocycles. The second kappa shape index (κ2) is 8.44. The predicted octanol–water partition coefficient (Wildman–Crippen LogP) is 5.88. The summed E-state index contributed by atoms with van der Waals surface area (Å²) in [6.45, 7) is 1.09. The lowest BCUT2D eigenvalue weighted by Gasteiger charge is -2.27. The molecule has 4 nitrogen and oxygen atoms in total. The van der Waals surface area contributed by atoms with E-state index in [1.807, 2.05) is 71.6 Å². The van der Waals surface area contributed by atoms with Gasteiger partial charge in [0.05, 0.1) is 4.91 Å². The molecule has 3 aromatic rings. The van der Waals surface area contributed by atoms with Crippen molar-refractivity contribution in [3.05, 3.63) is 94.9 Å². The van der Waals surface area contributed by atoms with Gasteiger partial charge in [0, 0.05) is 30.7 Å². The molecular weight excluding hydrogens is 402 g/mol. The van der Waals surface area contributed by atoms with E-state index in [0.717, 1.165) is 36.3 Å². The summed E-state index contributed by atoms with van der Waals surface area (Å²) < 4.78 is 0. The Kier molecular flexibility index (Phi) is 5.35. The Morgan fingerprint density at radius 3 is 2.32 bits per heavy atom. The second-order valence-electron chi connectivity index (χ2n) is 7.73. The van der Waals surface area contributed by atoms with Crippen LogP contribution in [0.15, 0.2) is 88.8 Å². The summed E-state index contributed by atoms with van der Waals surface area (Å²) in [6.07, 6.45) is 4.20. The van der Waals surface area contributed by atoms with Crippen LogP contribution >= 0.6 is 11.8 Å². The normalized spacial score (nSPS) is 16.9. The molecule has 2 heterocycles. The van der Waals surface area contributed by atoms with Crippen LogP contribution in [0.1, 0.15) is 17.5 Å². The maximum absolute atomic E-state index is 12.8. The van der Waals surface area contributed by atoms with Gasteiger partial charge in [-0.1, -0.05) is 42.5 Å². The van der Waals surface area contributed by atoms with Crippen molar-refractivity contribution < 1.29 is 4.79 Å². The second-order valence-corrected chi connectivity index (χ2v) is 8.74. The van der Waals surface area contributed by atoms with Crippen molar-refractivity contribution in [2.24, 2.45) is 4.99 Å². The van der Waals surface area contributed by atoms with E-state index in [2.05, 4.69) is 35.1 Å². The van der Waals surface area contributed by atoms with Gasteiger partial charge in [-0.15, -0.1) is 0 Å². The Morgan fingerprint density at radius 2 is 1.65 bits per heavy atom. The van der Waals surface area contributed by atoms with E-state index in [1.165, 1.54) is 23.0 Å². The zero-order chi connectivity index (χ0) is 21.2. The lowest BCUT2D eigenvalue weighted by atomic mass is 9.99. The summed E-state index contributed by atoms with van der Waals surface area (Å²) in [7, 11) is 2.13. The van der Waals surface area contributed by atoms with Gasteiger partial charge in [0.15, 0.2) is 5.17 Å². The fraction of sp³-hybridized carbons (Fsp3) is 0.154. The van der Waals surface area contributed by atoms with E-state index in [0.29, 0.717) is 10.1 Å². The molecule has 0 bridgehead atoms. The minimum absolute atomic E-state index is 0.188. The minimum Gasteiger partial charge on any atom is -0.374 e. The van der Waals surface area contributed by atoms with E-state index in [1.54, 1.807) is 0 Å². The minimum atomic E-state index is -0.188. The average molecular weight is 426 g/mol. The number of carbonyl (C=O) groups excluding carboxylic acids is 1. The fourth-order valence-electron chi connectivity index (χ4n) is 4.06. The van der Waals surface area contributed by atoms with Gasteiger partial charge in [0.25, 0.3) is 5.91 Å². The number of aliphatic imine (C=N–C) groups is 1. The highest BCUT2D eigenvalue weighted by Crippen LogP contribution is 2.37. The van der Waals surface area contributed by atoms with Crippen molar-refractivity contribution in [3.63, 3.8) is 0 Å². The number of amides is 1. The quantitative estimate of drug-likeness (QED) is 0.491. The first-order chi connectivity index (χ1) is 15.2. The van der Waals surface area contributed by atoms with Crippen molar-refractivity contribution in [2.45, 2.75) is 12.8 Å². The van der Waals surface area contributed by atoms with E-state index < -0.39 is 0 Å². The number of hydrogen-bond donors (Lipinski definition) is 0. The van der Waals surface area contributed by atoms with E-state index in [4.69, 9.17) is 0 Å². The van der Waals surface area contributed by atoms with E-state index in [9.17, 15) is 4.79 Å². The standard InChI is InChI=1S/C26H23N3OS/c1-28-16-8-9-20-17-19(14-15-23(20)28)18-24-25(30)27-26(31-24)29(21-10-4-2-5-11-21)22-12-6-3-7-13-22/h2-7,10-15,17-18H,8-9,16H2,1H3/b24-18+. The number of nitrogens with zero attached hydrogens (tertiary/aromatic N) is 3. The number of anilines is 3. The summed E-state index contributed by atoms with van der Waals surface area (Å²) in [5.74, 6) is -0.188. The number of hydrogen-bond acceptors (Lipinski definition) is 4. The largest absolute Gasteiger partial charge is 0.374 e. The number of fused-ring (bicyclic) bond motifs is 1. The number of thioether (sulfide) groups is 1. The highest BCUT2D eigenvalue weighted by Gasteiger charge is 2.28. The number of aryl methyl sites for hydroxylation is 1. The van der Waals surface area contributed by atoms with Crippen LogP contribution in [0.5, 0.6) is 0 Å². The topological polar surface area (TPSA) is 35.9 Å². The van der Waals surface area contributed by atoms with Crippen LogP contribution in [0.4, 0.5) is 17.1 Å². The van der Waals surface area contributed by atoms with Gasteiger partial charge in [0.1, 0.15) is 0 Å². The molecule has 0 saturated carbocycles. The SMILES string of the molecule is CN1CCCc2cc(/C=C3/SC(N(c4ccccc4)c4ccccc4)=NC3=O)ccc21. The van der Waals surface area contributed by atoms with Crippen LogP contribution in [-0.4, -0.2) is 24.7 Å². The summed E-state index contributed by atoms with van der Waals surface area (Å²) in [4.78, 5) is 22.2. The number of carbonyl (C=O) groups is 1. The number of para-hydroxylation sites is 2. The van der Waals surface area contributed by atoms with Crippen LogP contribution in [0.2, 0.25) is 0 Å². The average Bonchev–Trinajstić information content (AvgIpc) is 3.15. The van der Waals surface area contributed by atoms with Crippen LogP contribution in [-0.2, 0) is 11.2 Å². The fourth-order valence-corrected chi connectivity index (χ4v) is 5.02. The van der Waals surface area contributed by atoms with Gasteiger partial charge >= 0.3 is 0 Å². The summed E-state index contributed by atoms with van der Waals surface area (Å²) >= 11 is 1.43. The van der Waals surface area contributed by atoms with Crippen LogP contribution in [0.25, 0.3) is 6.08 Å². The first kappa shape index (κ1) is 19.6. The Hall–Kier alpha value is -3.31. The third kappa shape index (κ3) is 4.01. The molecule has 3 aromatic carbocycles. The molecule has 0 aliphatic carbocycles. The lowest BCUT2D eigenvalue weighted by molar-refractivity contribution is -0.113. The highest BCUT2D eigenvalue weighted by molar-refractivity contribution is 8.18. The van der Waals surface area contributed by atoms with Gasteiger partial charge in [-0.25, -0.2) is 0 Å². The smallest absolute Gasteiger partial charge is 0.286 e. The Labute approximate surface area is 186 Å². The maximum atomic E-state index is 12.8. The number of amidine groups is 1. The Morgan fingerprint density at radius 1 is 0.968 bits per heavy atom. The van der Waals surface area contributed by atoms with Gasteiger partial charge in [-0.05, 0) is 78.2 Å². The van der Waals surface area contributed by atoms with Gasteiger partial charge < -0.3 is 4.90 Å². The predicted molar refractivity (Wildman–Crippen MR) is 131 cm³/mol. The van der Waals surface area contributed by atoms with Gasteiger partial charge in [0.2, 0.25) is 0 Å². The van der Waals surface area contributed by atoms with Crippen molar-refractivity contribution in [1.82, 2.24) is 0 Å². The lowest BCUT2D eigenvalue weighted by Crippen LogP contribution is -2.24. The maximum Gasteiger partial charge on any atom is 0.286 e. The molecule has 0 spiro atoms. The molecule has 0 saturated heterocycles. The molecule has 0 atom stereocenters. The molecular formula is C26H23N3OS. The number of benzene rings is 3. The first-order valence-corrected chi connectivity index (χ1v) is 11.3. The zero-order valence-electron chi connectivity index (χ0n) is 17.4. The monoisotopic (exact) mass is 425 g/mol. The van der Waals surface area contributed by atoms with Gasteiger partial charge in [-0.3, -0.25) is 9.69 Å². The molecule has 154 valence electrons. The Balaban J connectivity index is 1.46. The van der Waals surface area contributed by atoms with Gasteiger partial charge in [-0.2, -0.15) is 4.99 Å². The third-order valence-electron chi connectivity index (χ3n) is 5.58. The third-order valence-corrected chi connectivity index (χ3v) is 6.55. The molecule has 0 aromatic heterocycles. The molecule has 31 heavy (non-hydrogen) atoms. The summed E-state index contributed by atoms with van der Waals surface area (Å²) in [5, 5.41) is 0.673. The zero-order valence-corrected chi connectivity index (χ0v) is 18.2. The molecule has 2 aliphatic rings. The van der Waals surface area contributed by atoms with Crippen LogP contribution in [0, 0.1) is 0 Å². The molecule has 0 fully saturated rings. The highest BCUT2D eigenvalue weighted by atomic mass is 32.2. The summed E-state index contributed by atoms with van der Waals surface area (Å²) in [6, 6.07) is 26.5. The Bertz CT molecular complexity index is 1130. The molecule has 0 unspecified atom stereocenters. The van der Waals surface area contributed by atoms with Crippen LogP contribution in [0.3, 0.4) is 0 Å². The van der Waals surface area contributed by atoms with Crippen molar-refractivity contribution in [1.29, 1.82) is 0 Å². The molecule has 5 rings (SSSR count).